The van der Waals surface area contributed by atoms with Gasteiger partial charge < -0.3 is 20.5 Å². The Morgan fingerprint density at radius 1 is 1.08 bits per heavy atom. The molecule has 0 spiro atoms. The lowest BCUT2D eigenvalue weighted by Crippen LogP contribution is -2.20. The smallest absolute Gasteiger partial charge is 0.255 e. The molecule has 0 aliphatic carbocycles. The van der Waals surface area contributed by atoms with Crippen molar-refractivity contribution in [2.24, 2.45) is 5.73 Å². The molecule has 0 fully saturated rings. The van der Waals surface area contributed by atoms with Crippen molar-refractivity contribution in [1.82, 2.24) is 0 Å². The third-order valence-corrected chi connectivity index (χ3v) is 3.44. The minimum absolute atomic E-state index is 0.260. The van der Waals surface area contributed by atoms with E-state index in [-0.39, 0.29) is 12.5 Å². The van der Waals surface area contributed by atoms with Crippen LogP contribution in [0.15, 0.2) is 36.4 Å². The molecular formula is C18H20N2O4. The quantitative estimate of drug-likeness (QED) is 0.852. The molecule has 0 saturated heterocycles. The number of anilines is 1. The van der Waals surface area contributed by atoms with E-state index < -0.39 is 5.91 Å². The van der Waals surface area contributed by atoms with Gasteiger partial charge in [0.25, 0.3) is 11.8 Å². The average molecular weight is 328 g/mol. The Hall–Kier alpha value is -3.02. The van der Waals surface area contributed by atoms with Gasteiger partial charge in [-0.05, 0) is 49.2 Å². The molecule has 0 unspecified atom stereocenters. The lowest BCUT2D eigenvalue weighted by molar-refractivity contribution is -0.119. The van der Waals surface area contributed by atoms with Crippen molar-refractivity contribution in [1.29, 1.82) is 0 Å². The van der Waals surface area contributed by atoms with Crippen LogP contribution in [0.25, 0.3) is 0 Å². The van der Waals surface area contributed by atoms with Gasteiger partial charge >= 0.3 is 0 Å². The summed E-state index contributed by atoms with van der Waals surface area (Å²) in [5.41, 5.74) is 8.26. The van der Waals surface area contributed by atoms with Crippen LogP contribution in [-0.2, 0) is 4.79 Å². The minimum atomic E-state index is -0.589. The highest BCUT2D eigenvalue weighted by Gasteiger charge is 2.13. The van der Waals surface area contributed by atoms with Gasteiger partial charge in [-0.3, -0.25) is 9.59 Å². The second-order valence-electron chi connectivity index (χ2n) is 5.39. The van der Waals surface area contributed by atoms with Crippen LogP contribution in [-0.4, -0.2) is 25.5 Å². The molecule has 0 heterocycles. The van der Waals surface area contributed by atoms with E-state index in [0.717, 1.165) is 16.8 Å². The third kappa shape index (κ3) is 4.25. The Kier molecular flexibility index (Phi) is 5.42. The van der Waals surface area contributed by atoms with Crippen molar-refractivity contribution in [3.63, 3.8) is 0 Å². The highest BCUT2D eigenvalue weighted by atomic mass is 16.5. The lowest BCUT2D eigenvalue weighted by Gasteiger charge is -2.12. The monoisotopic (exact) mass is 328 g/mol. The van der Waals surface area contributed by atoms with E-state index in [0.29, 0.717) is 17.1 Å². The number of rotatable bonds is 6. The highest BCUT2D eigenvalue weighted by Crippen LogP contribution is 2.28. The Labute approximate surface area is 140 Å². The first-order chi connectivity index (χ1) is 11.4. The summed E-state index contributed by atoms with van der Waals surface area (Å²) in [7, 11) is 1.46. The van der Waals surface area contributed by atoms with Crippen molar-refractivity contribution in [2.75, 3.05) is 19.0 Å². The van der Waals surface area contributed by atoms with Gasteiger partial charge in [0.2, 0.25) is 0 Å². The van der Waals surface area contributed by atoms with Crippen LogP contribution in [0.3, 0.4) is 0 Å². The zero-order chi connectivity index (χ0) is 17.7. The second-order valence-corrected chi connectivity index (χ2v) is 5.39. The summed E-state index contributed by atoms with van der Waals surface area (Å²) in [5, 5.41) is 2.88. The van der Waals surface area contributed by atoms with E-state index in [2.05, 4.69) is 5.32 Å². The van der Waals surface area contributed by atoms with Crippen molar-refractivity contribution >= 4 is 17.5 Å². The summed E-state index contributed by atoms with van der Waals surface area (Å²) < 4.78 is 10.5. The fourth-order valence-electron chi connectivity index (χ4n) is 2.14. The Morgan fingerprint density at radius 3 is 2.50 bits per heavy atom. The van der Waals surface area contributed by atoms with Gasteiger partial charge in [0.15, 0.2) is 18.1 Å². The maximum Gasteiger partial charge on any atom is 0.255 e. The molecule has 0 saturated carbocycles. The average Bonchev–Trinajstić information content (AvgIpc) is 2.56. The van der Waals surface area contributed by atoms with Crippen LogP contribution in [0.2, 0.25) is 0 Å². The van der Waals surface area contributed by atoms with Crippen LogP contribution < -0.4 is 20.5 Å². The first-order valence-corrected chi connectivity index (χ1v) is 7.38. The molecule has 0 aliphatic rings. The summed E-state index contributed by atoms with van der Waals surface area (Å²) in [5.74, 6) is -0.151. The fraction of sp³-hybridized carbons (Fsp3) is 0.222. The number of ether oxygens (including phenoxy) is 2. The summed E-state index contributed by atoms with van der Waals surface area (Å²) in [6, 6.07) is 10.6. The molecule has 2 aromatic carbocycles. The first-order valence-electron chi connectivity index (χ1n) is 7.38. The molecule has 2 amide bonds. The number of methoxy groups -OCH3 is 1. The molecule has 0 bridgehead atoms. The third-order valence-electron chi connectivity index (χ3n) is 3.44. The molecule has 3 N–H and O–H groups in total. The van der Waals surface area contributed by atoms with E-state index in [9.17, 15) is 9.59 Å². The number of carbonyl (C=O) groups is 2. The molecule has 6 heteroatoms. The van der Waals surface area contributed by atoms with Gasteiger partial charge in [0.1, 0.15) is 0 Å². The van der Waals surface area contributed by atoms with E-state index >= 15 is 0 Å². The van der Waals surface area contributed by atoms with E-state index in [1.54, 1.807) is 18.2 Å². The predicted molar refractivity (Wildman–Crippen MR) is 91.6 cm³/mol. The van der Waals surface area contributed by atoms with Crippen molar-refractivity contribution in [3.05, 3.63) is 53.1 Å². The number of primary amides is 1. The standard InChI is InChI=1S/C18H20N2O4/c1-11-4-5-12(2)14(8-11)20-18(22)13-6-7-15(16(9-13)23-3)24-10-17(19)21/h4-9H,10H2,1-3H3,(H2,19,21)(H,20,22). The van der Waals surface area contributed by atoms with Gasteiger partial charge in [-0.1, -0.05) is 12.1 Å². The molecule has 2 rings (SSSR count). The molecule has 0 radical (unpaired) electrons. The van der Waals surface area contributed by atoms with Gasteiger partial charge in [-0.15, -0.1) is 0 Å². The van der Waals surface area contributed by atoms with Gasteiger partial charge in [-0.25, -0.2) is 0 Å². The van der Waals surface area contributed by atoms with Gasteiger partial charge in [0, 0.05) is 11.3 Å². The van der Waals surface area contributed by atoms with Crippen LogP contribution in [0, 0.1) is 13.8 Å². The number of benzene rings is 2. The Bertz CT molecular complexity index is 772. The van der Waals surface area contributed by atoms with Crippen LogP contribution in [0.1, 0.15) is 21.5 Å². The maximum absolute atomic E-state index is 12.4. The van der Waals surface area contributed by atoms with Crippen LogP contribution in [0.5, 0.6) is 11.5 Å². The van der Waals surface area contributed by atoms with Crippen molar-refractivity contribution in [3.8, 4) is 11.5 Å². The number of nitrogens with two attached hydrogens (primary N) is 1. The van der Waals surface area contributed by atoms with E-state index in [4.69, 9.17) is 15.2 Å². The zero-order valence-corrected chi connectivity index (χ0v) is 13.9. The molecule has 0 atom stereocenters. The SMILES string of the molecule is COc1cc(C(=O)Nc2cc(C)ccc2C)ccc1OCC(N)=O. The molecule has 24 heavy (non-hydrogen) atoms. The van der Waals surface area contributed by atoms with Crippen molar-refractivity contribution < 1.29 is 19.1 Å². The number of nitrogens with one attached hydrogen (secondary N) is 1. The Morgan fingerprint density at radius 2 is 1.83 bits per heavy atom. The normalized spacial score (nSPS) is 10.1. The number of hydrogen-bond acceptors (Lipinski definition) is 4. The molecule has 6 nitrogen and oxygen atoms in total. The lowest BCUT2D eigenvalue weighted by atomic mass is 10.1. The second kappa shape index (κ2) is 7.50. The number of aryl methyl sites for hydroxylation is 2. The zero-order valence-electron chi connectivity index (χ0n) is 13.9. The molecular weight excluding hydrogens is 308 g/mol. The van der Waals surface area contributed by atoms with Gasteiger partial charge in [0.05, 0.1) is 7.11 Å². The largest absolute Gasteiger partial charge is 0.493 e. The summed E-state index contributed by atoms with van der Waals surface area (Å²) in [6.07, 6.45) is 0. The van der Waals surface area contributed by atoms with E-state index in [1.165, 1.54) is 7.11 Å². The number of hydrogen-bond donors (Lipinski definition) is 2. The maximum atomic E-state index is 12.4. The number of amides is 2. The Balaban J connectivity index is 2.20. The first kappa shape index (κ1) is 17.3. The summed E-state index contributed by atoms with van der Waals surface area (Å²) in [6.45, 7) is 3.63. The van der Waals surface area contributed by atoms with Crippen molar-refractivity contribution in [2.45, 2.75) is 13.8 Å². The van der Waals surface area contributed by atoms with Crippen LogP contribution in [0.4, 0.5) is 5.69 Å². The summed E-state index contributed by atoms with van der Waals surface area (Å²) >= 11 is 0. The molecule has 2 aromatic rings. The molecule has 126 valence electrons. The van der Waals surface area contributed by atoms with E-state index in [1.807, 2.05) is 32.0 Å². The predicted octanol–water partition coefficient (Wildman–Crippen LogP) is 2.43. The topological polar surface area (TPSA) is 90.7 Å². The minimum Gasteiger partial charge on any atom is -0.493 e. The van der Waals surface area contributed by atoms with Crippen LogP contribution >= 0.6 is 0 Å². The fourth-order valence-corrected chi connectivity index (χ4v) is 2.14. The molecule has 0 aromatic heterocycles. The number of carbonyl (C=O) groups excluding carboxylic acids is 2. The van der Waals surface area contributed by atoms with Gasteiger partial charge in [-0.2, -0.15) is 0 Å². The molecule has 0 aliphatic heterocycles. The highest BCUT2D eigenvalue weighted by molar-refractivity contribution is 6.05. The summed E-state index contributed by atoms with van der Waals surface area (Å²) in [4.78, 5) is 23.2.